The van der Waals surface area contributed by atoms with E-state index in [9.17, 15) is 4.79 Å². The summed E-state index contributed by atoms with van der Waals surface area (Å²) in [4.78, 5) is 12.0. The van der Waals surface area contributed by atoms with Crippen LogP contribution in [0.2, 0.25) is 5.02 Å². The summed E-state index contributed by atoms with van der Waals surface area (Å²) >= 11 is 5.98. The minimum absolute atomic E-state index is 0.143. The van der Waals surface area contributed by atoms with E-state index in [4.69, 9.17) is 17.3 Å². The Morgan fingerprint density at radius 1 is 1.59 bits per heavy atom. The summed E-state index contributed by atoms with van der Waals surface area (Å²) in [6.07, 6.45) is 3.63. The van der Waals surface area contributed by atoms with Crippen LogP contribution in [0.5, 0.6) is 0 Å². The number of amides is 1. The highest BCUT2D eigenvalue weighted by Gasteiger charge is 2.24. The summed E-state index contributed by atoms with van der Waals surface area (Å²) in [5.74, 6) is 0.650. The quantitative estimate of drug-likeness (QED) is 0.810. The normalized spacial score (nSPS) is 16.6. The standard InChI is InChI=1S/C13H17ClN2O/c1-8(6-9-2-3-9)16-13(17)11-7-10(15)4-5-12(11)14/h4-5,7-9H,2-3,6,15H2,1H3,(H,16,17). The van der Waals surface area contributed by atoms with Crippen molar-refractivity contribution in [3.63, 3.8) is 0 Å². The van der Waals surface area contributed by atoms with Crippen molar-refractivity contribution in [1.82, 2.24) is 5.32 Å². The van der Waals surface area contributed by atoms with Gasteiger partial charge in [-0.15, -0.1) is 0 Å². The van der Waals surface area contributed by atoms with E-state index in [-0.39, 0.29) is 11.9 Å². The molecule has 0 spiro atoms. The first-order valence-electron chi connectivity index (χ1n) is 5.92. The molecule has 0 heterocycles. The Hall–Kier alpha value is -1.22. The Bertz CT molecular complexity index is 429. The van der Waals surface area contributed by atoms with Crippen molar-refractivity contribution in [3.05, 3.63) is 28.8 Å². The predicted octanol–water partition coefficient (Wildman–Crippen LogP) is 2.84. The van der Waals surface area contributed by atoms with Crippen LogP contribution in [0, 0.1) is 5.92 Å². The second-order valence-electron chi connectivity index (χ2n) is 4.79. The van der Waals surface area contributed by atoms with Crippen LogP contribution in [0.15, 0.2) is 18.2 Å². The van der Waals surface area contributed by atoms with Crippen molar-refractivity contribution in [2.75, 3.05) is 5.73 Å². The fourth-order valence-corrected chi connectivity index (χ4v) is 2.13. The topological polar surface area (TPSA) is 55.1 Å². The van der Waals surface area contributed by atoms with Crippen LogP contribution in [-0.2, 0) is 0 Å². The Balaban J connectivity index is 2.00. The van der Waals surface area contributed by atoms with E-state index in [0.29, 0.717) is 16.3 Å². The molecule has 1 aliphatic rings. The summed E-state index contributed by atoms with van der Waals surface area (Å²) in [6, 6.07) is 5.14. The number of carbonyl (C=O) groups is 1. The molecule has 0 radical (unpaired) electrons. The fourth-order valence-electron chi connectivity index (χ4n) is 1.93. The van der Waals surface area contributed by atoms with Crippen molar-refractivity contribution in [2.24, 2.45) is 5.92 Å². The van der Waals surface area contributed by atoms with E-state index >= 15 is 0 Å². The lowest BCUT2D eigenvalue weighted by molar-refractivity contribution is 0.0937. The van der Waals surface area contributed by atoms with Crippen LogP contribution in [0.25, 0.3) is 0 Å². The Kier molecular flexibility index (Phi) is 3.57. The van der Waals surface area contributed by atoms with Gasteiger partial charge in [0.1, 0.15) is 0 Å². The first-order chi connectivity index (χ1) is 8.06. The molecular weight excluding hydrogens is 236 g/mol. The molecule has 0 aromatic heterocycles. The number of nitrogens with one attached hydrogen (secondary N) is 1. The summed E-state index contributed by atoms with van der Waals surface area (Å²) in [5.41, 5.74) is 6.65. The van der Waals surface area contributed by atoms with Gasteiger partial charge < -0.3 is 11.1 Å². The van der Waals surface area contributed by atoms with E-state index in [1.165, 1.54) is 12.8 Å². The summed E-state index contributed by atoms with van der Waals surface area (Å²) < 4.78 is 0. The molecule has 1 aliphatic carbocycles. The molecule has 1 saturated carbocycles. The first-order valence-corrected chi connectivity index (χ1v) is 6.30. The molecule has 1 atom stereocenters. The SMILES string of the molecule is CC(CC1CC1)NC(=O)c1cc(N)ccc1Cl. The van der Waals surface area contributed by atoms with Gasteiger partial charge in [-0.25, -0.2) is 0 Å². The molecule has 2 rings (SSSR count). The van der Waals surface area contributed by atoms with Crippen molar-refractivity contribution < 1.29 is 4.79 Å². The monoisotopic (exact) mass is 252 g/mol. The van der Waals surface area contributed by atoms with Gasteiger partial charge >= 0.3 is 0 Å². The van der Waals surface area contributed by atoms with E-state index in [1.807, 2.05) is 6.92 Å². The molecule has 1 aromatic carbocycles. The van der Waals surface area contributed by atoms with Crippen LogP contribution >= 0.6 is 11.6 Å². The van der Waals surface area contributed by atoms with Gasteiger partial charge in [0.05, 0.1) is 10.6 Å². The number of anilines is 1. The second-order valence-corrected chi connectivity index (χ2v) is 5.20. The van der Waals surface area contributed by atoms with Crippen molar-refractivity contribution in [3.8, 4) is 0 Å². The van der Waals surface area contributed by atoms with Gasteiger partial charge in [-0.05, 0) is 37.5 Å². The number of hydrogen-bond donors (Lipinski definition) is 2. The summed E-state index contributed by atoms with van der Waals surface area (Å²) in [6.45, 7) is 2.02. The molecule has 1 fully saturated rings. The van der Waals surface area contributed by atoms with Crippen LogP contribution in [0.4, 0.5) is 5.69 Å². The Labute approximate surface area is 106 Å². The van der Waals surface area contributed by atoms with Gasteiger partial charge in [0.25, 0.3) is 5.91 Å². The second kappa shape index (κ2) is 4.96. The lowest BCUT2D eigenvalue weighted by atomic mass is 10.1. The highest BCUT2D eigenvalue weighted by atomic mass is 35.5. The largest absolute Gasteiger partial charge is 0.399 e. The summed E-state index contributed by atoms with van der Waals surface area (Å²) in [7, 11) is 0. The van der Waals surface area contributed by atoms with Gasteiger partial charge in [-0.3, -0.25) is 4.79 Å². The zero-order valence-corrected chi connectivity index (χ0v) is 10.6. The third kappa shape index (κ3) is 3.37. The number of hydrogen-bond acceptors (Lipinski definition) is 2. The Morgan fingerprint density at radius 2 is 2.29 bits per heavy atom. The first kappa shape index (κ1) is 12.2. The van der Waals surface area contributed by atoms with Gasteiger partial charge in [0.2, 0.25) is 0 Å². The van der Waals surface area contributed by atoms with Gasteiger partial charge in [-0.1, -0.05) is 24.4 Å². The summed E-state index contributed by atoms with van der Waals surface area (Å²) in [5, 5.41) is 3.40. The minimum atomic E-state index is -0.143. The third-order valence-electron chi connectivity index (χ3n) is 3.00. The Morgan fingerprint density at radius 3 is 2.94 bits per heavy atom. The van der Waals surface area contributed by atoms with Gasteiger partial charge in [0.15, 0.2) is 0 Å². The lowest BCUT2D eigenvalue weighted by Gasteiger charge is -2.14. The van der Waals surface area contributed by atoms with Gasteiger partial charge in [-0.2, -0.15) is 0 Å². The smallest absolute Gasteiger partial charge is 0.253 e. The van der Waals surface area contributed by atoms with Crippen molar-refractivity contribution in [2.45, 2.75) is 32.2 Å². The minimum Gasteiger partial charge on any atom is -0.399 e. The van der Waals surface area contributed by atoms with Crippen LogP contribution in [0.1, 0.15) is 36.5 Å². The van der Waals surface area contributed by atoms with E-state index in [2.05, 4.69) is 5.32 Å². The number of rotatable bonds is 4. The van der Waals surface area contributed by atoms with Crippen LogP contribution < -0.4 is 11.1 Å². The fraction of sp³-hybridized carbons (Fsp3) is 0.462. The maximum absolute atomic E-state index is 12.0. The van der Waals surface area contributed by atoms with E-state index in [0.717, 1.165) is 12.3 Å². The third-order valence-corrected chi connectivity index (χ3v) is 3.33. The van der Waals surface area contributed by atoms with E-state index in [1.54, 1.807) is 18.2 Å². The zero-order valence-electron chi connectivity index (χ0n) is 9.87. The molecule has 4 heteroatoms. The number of halogens is 1. The number of benzene rings is 1. The molecule has 1 unspecified atom stereocenters. The highest BCUT2D eigenvalue weighted by Crippen LogP contribution is 2.33. The van der Waals surface area contributed by atoms with Gasteiger partial charge in [0, 0.05) is 11.7 Å². The highest BCUT2D eigenvalue weighted by molar-refractivity contribution is 6.34. The molecule has 0 aliphatic heterocycles. The predicted molar refractivity (Wildman–Crippen MR) is 70.1 cm³/mol. The molecule has 17 heavy (non-hydrogen) atoms. The number of nitrogens with two attached hydrogens (primary N) is 1. The number of nitrogen functional groups attached to an aromatic ring is 1. The molecule has 0 bridgehead atoms. The average molecular weight is 253 g/mol. The maximum Gasteiger partial charge on any atom is 0.253 e. The molecule has 1 amide bonds. The average Bonchev–Trinajstić information content (AvgIpc) is 3.05. The molecular formula is C13H17ClN2O. The van der Waals surface area contributed by atoms with E-state index < -0.39 is 0 Å². The molecule has 3 N–H and O–H groups in total. The molecule has 92 valence electrons. The van der Waals surface area contributed by atoms with Crippen LogP contribution in [-0.4, -0.2) is 11.9 Å². The number of carbonyl (C=O) groups excluding carboxylic acids is 1. The lowest BCUT2D eigenvalue weighted by Crippen LogP contribution is -2.33. The molecule has 3 nitrogen and oxygen atoms in total. The molecule has 0 saturated heterocycles. The van der Waals surface area contributed by atoms with Crippen molar-refractivity contribution in [1.29, 1.82) is 0 Å². The zero-order chi connectivity index (χ0) is 12.4. The van der Waals surface area contributed by atoms with Crippen molar-refractivity contribution >= 4 is 23.2 Å². The van der Waals surface area contributed by atoms with Crippen LogP contribution in [0.3, 0.4) is 0 Å². The molecule has 1 aromatic rings. The maximum atomic E-state index is 12.0.